The summed E-state index contributed by atoms with van der Waals surface area (Å²) in [6, 6.07) is 21.8. The topological polar surface area (TPSA) is 20.2 Å². The molecule has 0 amide bonds. The number of fused-ring (bicyclic) bond motifs is 1. The van der Waals surface area contributed by atoms with Gasteiger partial charge in [-0.2, -0.15) is 0 Å². The lowest BCUT2D eigenvalue weighted by atomic mass is 10.0. The van der Waals surface area contributed by atoms with Crippen molar-refractivity contribution in [2.75, 3.05) is 0 Å². The van der Waals surface area contributed by atoms with Crippen molar-refractivity contribution in [2.45, 2.75) is 0 Å². The third kappa shape index (κ3) is 2.50. The fraction of sp³-hybridized carbons (Fsp3) is 0. The second kappa shape index (κ2) is 4.99. The molecule has 3 aromatic carbocycles. The fourth-order valence-electron chi connectivity index (χ4n) is 2.21. The van der Waals surface area contributed by atoms with Gasteiger partial charge in [-0.25, -0.2) is 0 Å². The predicted molar refractivity (Wildman–Crippen MR) is 81.0 cm³/mol. The van der Waals surface area contributed by atoms with Gasteiger partial charge in [-0.05, 0) is 34.0 Å². The van der Waals surface area contributed by atoms with Crippen molar-refractivity contribution in [3.05, 3.63) is 77.9 Å². The Morgan fingerprint density at radius 2 is 1.53 bits per heavy atom. The Balaban J connectivity index is 2.02. The van der Waals surface area contributed by atoms with Crippen molar-refractivity contribution in [2.24, 2.45) is 0 Å². The molecule has 0 heterocycles. The van der Waals surface area contributed by atoms with Crippen molar-refractivity contribution in [1.29, 1.82) is 0 Å². The highest BCUT2D eigenvalue weighted by atomic mass is 16.3. The van der Waals surface area contributed by atoms with E-state index in [1.807, 2.05) is 30.3 Å². The maximum atomic E-state index is 9.45. The molecular formula is C18H14O. The molecule has 19 heavy (non-hydrogen) atoms. The molecule has 0 aliphatic heterocycles. The first-order valence-corrected chi connectivity index (χ1v) is 6.28. The van der Waals surface area contributed by atoms with Gasteiger partial charge in [0, 0.05) is 0 Å². The molecular weight excluding hydrogens is 232 g/mol. The summed E-state index contributed by atoms with van der Waals surface area (Å²) in [5.41, 5.74) is 2.18. The van der Waals surface area contributed by atoms with Crippen LogP contribution < -0.4 is 0 Å². The van der Waals surface area contributed by atoms with Crippen LogP contribution in [0.5, 0.6) is 5.75 Å². The molecule has 0 aliphatic carbocycles. The van der Waals surface area contributed by atoms with Crippen molar-refractivity contribution in [1.82, 2.24) is 0 Å². The summed E-state index contributed by atoms with van der Waals surface area (Å²) in [4.78, 5) is 0. The number of hydrogen-bond acceptors (Lipinski definition) is 1. The van der Waals surface area contributed by atoms with Gasteiger partial charge in [-0.15, -0.1) is 0 Å². The van der Waals surface area contributed by atoms with E-state index in [4.69, 9.17) is 0 Å². The lowest BCUT2D eigenvalue weighted by Crippen LogP contribution is -1.77. The van der Waals surface area contributed by atoms with Gasteiger partial charge < -0.3 is 5.11 Å². The molecule has 3 rings (SSSR count). The van der Waals surface area contributed by atoms with Crippen LogP contribution in [0.2, 0.25) is 0 Å². The highest BCUT2D eigenvalue weighted by Crippen LogP contribution is 2.21. The van der Waals surface area contributed by atoms with Crippen molar-refractivity contribution >= 4 is 22.9 Å². The van der Waals surface area contributed by atoms with Gasteiger partial charge in [-0.3, -0.25) is 0 Å². The Bertz CT molecular complexity index is 736. The summed E-state index contributed by atoms with van der Waals surface area (Å²) < 4.78 is 0. The van der Waals surface area contributed by atoms with Crippen LogP contribution in [0.4, 0.5) is 0 Å². The molecule has 0 atom stereocenters. The molecule has 0 aliphatic rings. The van der Waals surface area contributed by atoms with Gasteiger partial charge in [0.25, 0.3) is 0 Å². The average Bonchev–Trinajstić information content (AvgIpc) is 2.45. The molecule has 0 radical (unpaired) electrons. The smallest absolute Gasteiger partial charge is 0.116 e. The molecule has 1 heteroatoms. The van der Waals surface area contributed by atoms with Gasteiger partial charge in [0.2, 0.25) is 0 Å². The number of hydrogen-bond donors (Lipinski definition) is 1. The van der Waals surface area contributed by atoms with E-state index >= 15 is 0 Å². The van der Waals surface area contributed by atoms with E-state index in [1.165, 1.54) is 16.3 Å². The Morgan fingerprint density at radius 1 is 0.737 bits per heavy atom. The minimum absolute atomic E-state index is 0.292. The third-order valence-electron chi connectivity index (χ3n) is 3.15. The van der Waals surface area contributed by atoms with Crippen LogP contribution in [-0.2, 0) is 0 Å². The maximum absolute atomic E-state index is 9.45. The molecule has 0 unspecified atom stereocenters. The second-order valence-electron chi connectivity index (χ2n) is 4.50. The number of phenolic OH excluding ortho intramolecular Hbond substituents is 1. The van der Waals surface area contributed by atoms with E-state index in [0.717, 1.165) is 5.56 Å². The van der Waals surface area contributed by atoms with Crippen LogP contribution in [0.25, 0.3) is 22.9 Å². The minimum atomic E-state index is 0.292. The summed E-state index contributed by atoms with van der Waals surface area (Å²) in [7, 11) is 0. The Morgan fingerprint density at radius 3 is 2.42 bits per heavy atom. The van der Waals surface area contributed by atoms with Crippen molar-refractivity contribution in [3.63, 3.8) is 0 Å². The van der Waals surface area contributed by atoms with E-state index < -0.39 is 0 Å². The third-order valence-corrected chi connectivity index (χ3v) is 3.15. The summed E-state index contributed by atoms with van der Waals surface area (Å²) in [6.07, 6.45) is 4.10. The van der Waals surface area contributed by atoms with E-state index in [1.54, 1.807) is 12.1 Å². The maximum Gasteiger partial charge on any atom is 0.116 e. The van der Waals surface area contributed by atoms with Crippen LogP contribution in [0.15, 0.2) is 66.7 Å². The molecule has 0 spiro atoms. The van der Waals surface area contributed by atoms with Crippen molar-refractivity contribution in [3.8, 4) is 5.75 Å². The molecule has 3 aromatic rings. The van der Waals surface area contributed by atoms with E-state index in [2.05, 4.69) is 36.4 Å². The molecule has 1 N–H and O–H groups in total. The molecule has 0 saturated heterocycles. The van der Waals surface area contributed by atoms with Crippen LogP contribution in [0.1, 0.15) is 11.1 Å². The quantitative estimate of drug-likeness (QED) is 0.649. The van der Waals surface area contributed by atoms with E-state index in [0.29, 0.717) is 5.75 Å². The highest BCUT2D eigenvalue weighted by molar-refractivity contribution is 5.92. The lowest BCUT2D eigenvalue weighted by Gasteiger charge is -2.01. The number of phenols is 1. The average molecular weight is 246 g/mol. The van der Waals surface area contributed by atoms with E-state index in [9.17, 15) is 5.11 Å². The molecule has 1 nitrogen and oxygen atoms in total. The lowest BCUT2D eigenvalue weighted by molar-refractivity contribution is 0.475. The fourth-order valence-corrected chi connectivity index (χ4v) is 2.21. The van der Waals surface area contributed by atoms with E-state index in [-0.39, 0.29) is 0 Å². The normalized spacial score (nSPS) is 11.2. The zero-order valence-electron chi connectivity index (χ0n) is 10.5. The Kier molecular flexibility index (Phi) is 3.03. The van der Waals surface area contributed by atoms with Gasteiger partial charge in [0.05, 0.1) is 0 Å². The number of rotatable bonds is 2. The summed E-state index contributed by atoms with van der Waals surface area (Å²) >= 11 is 0. The highest BCUT2D eigenvalue weighted by Gasteiger charge is 1.96. The van der Waals surface area contributed by atoms with Crippen LogP contribution in [-0.4, -0.2) is 5.11 Å². The molecule has 0 aromatic heterocycles. The molecule has 92 valence electrons. The monoisotopic (exact) mass is 246 g/mol. The number of benzene rings is 3. The second-order valence-corrected chi connectivity index (χ2v) is 4.50. The van der Waals surface area contributed by atoms with Crippen LogP contribution >= 0.6 is 0 Å². The van der Waals surface area contributed by atoms with Crippen LogP contribution in [0.3, 0.4) is 0 Å². The Labute approximate surface area is 112 Å². The van der Waals surface area contributed by atoms with Gasteiger partial charge in [0.1, 0.15) is 5.75 Å². The zero-order chi connectivity index (χ0) is 13.1. The van der Waals surface area contributed by atoms with Gasteiger partial charge in [-0.1, -0.05) is 66.7 Å². The van der Waals surface area contributed by atoms with Gasteiger partial charge in [0.15, 0.2) is 0 Å². The number of aromatic hydroxyl groups is 1. The van der Waals surface area contributed by atoms with Crippen LogP contribution in [0, 0.1) is 0 Å². The summed E-state index contributed by atoms with van der Waals surface area (Å²) in [5, 5.41) is 11.9. The zero-order valence-corrected chi connectivity index (χ0v) is 10.5. The summed E-state index contributed by atoms with van der Waals surface area (Å²) in [6.45, 7) is 0. The predicted octanol–water partition coefficient (Wildman–Crippen LogP) is 4.72. The molecule has 0 bridgehead atoms. The summed E-state index contributed by atoms with van der Waals surface area (Å²) in [5.74, 6) is 0.292. The van der Waals surface area contributed by atoms with Crippen molar-refractivity contribution < 1.29 is 5.11 Å². The Hall–Kier alpha value is -2.54. The minimum Gasteiger partial charge on any atom is -0.508 e. The van der Waals surface area contributed by atoms with Gasteiger partial charge >= 0.3 is 0 Å². The first-order chi connectivity index (χ1) is 9.33. The first kappa shape index (κ1) is 11.5. The first-order valence-electron chi connectivity index (χ1n) is 6.28. The molecule has 0 saturated carbocycles. The standard InChI is InChI=1S/C18H14O/c19-17-9-3-5-14(13-17)11-12-16-8-4-7-15-6-1-2-10-18(15)16/h1-13,19H/b12-11+. The SMILES string of the molecule is Oc1cccc(/C=C/c2cccc3ccccc23)c1. The molecule has 0 fully saturated rings. The largest absolute Gasteiger partial charge is 0.508 e.